The fraction of sp³-hybridized carbons (Fsp3) is 0.348. The van der Waals surface area contributed by atoms with Gasteiger partial charge >= 0.3 is 5.97 Å². The first-order valence-corrected chi connectivity index (χ1v) is 9.67. The zero-order chi connectivity index (χ0) is 18.6. The van der Waals surface area contributed by atoms with Crippen molar-refractivity contribution in [3.05, 3.63) is 54.2 Å². The molecule has 1 heterocycles. The summed E-state index contributed by atoms with van der Waals surface area (Å²) in [6, 6.07) is 14.7. The molecular weight excluding hydrogens is 338 g/mol. The van der Waals surface area contributed by atoms with Crippen molar-refractivity contribution in [2.24, 2.45) is 0 Å². The Labute approximate surface area is 159 Å². The van der Waals surface area contributed by atoms with E-state index in [0.717, 1.165) is 40.8 Å². The van der Waals surface area contributed by atoms with Crippen molar-refractivity contribution in [1.29, 1.82) is 0 Å². The fourth-order valence-electron chi connectivity index (χ4n) is 3.90. The van der Waals surface area contributed by atoms with Crippen molar-refractivity contribution in [1.82, 2.24) is 4.98 Å². The number of aryl methyl sites for hydroxylation is 1. The second kappa shape index (κ2) is 7.87. The number of benzene rings is 2. The molecule has 0 aliphatic heterocycles. The van der Waals surface area contributed by atoms with Crippen LogP contribution >= 0.6 is 0 Å². The highest BCUT2D eigenvalue weighted by Crippen LogP contribution is 2.37. The molecule has 0 saturated heterocycles. The third kappa shape index (κ3) is 3.85. The molecule has 1 saturated carbocycles. The van der Waals surface area contributed by atoms with Gasteiger partial charge in [0, 0.05) is 29.1 Å². The molecular formula is C23H25NO3. The van der Waals surface area contributed by atoms with Crippen LogP contribution in [0.15, 0.2) is 48.7 Å². The molecule has 1 aromatic heterocycles. The van der Waals surface area contributed by atoms with Crippen molar-refractivity contribution in [2.75, 3.05) is 7.11 Å². The van der Waals surface area contributed by atoms with Gasteiger partial charge in [-0.1, -0.05) is 18.2 Å². The molecule has 27 heavy (non-hydrogen) atoms. The lowest BCUT2D eigenvalue weighted by Crippen LogP contribution is -2.11. The fourth-order valence-corrected chi connectivity index (χ4v) is 3.90. The number of esters is 1. The number of hydrogen-bond donors (Lipinski definition) is 1. The molecule has 4 rings (SSSR count). The first kappa shape index (κ1) is 17.7. The molecule has 0 amide bonds. The molecule has 1 aliphatic rings. The van der Waals surface area contributed by atoms with E-state index in [9.17, 15) is 4.79 Å². The number of carbonyl (C=O) groups excluding carboxylic acids is 1. The summed E-state index contributed by atoms with van der Waals surface area (Å²) in [7, 11) is 1.43. The Kier molecular flexibility index (Phi) is 5.14. The van der Waals surface area contributed by atoms with Crippen LogP contribution in [0.3, 0.4) is 0 Å². The number of ether oxygens (including phenoxy) is 2. The van der Waals surface area contributed by atoms with E-state index < -0.39 is 0 Å². The Morgan fingerprint density at radius 3 is 2.78 bits per heavy atom. The van der Waals surface area contributed by atoms with Crippen molar-refractivity contribution in [2.45, 2.75) is 44.6 Å². The second-order valence-corrected chi connectivity index (χ2v) is 7.18. The number of carbonyl (C=O) groups is 1. The van der Waals surface area contributed by atoms with Crippen LogP contribution < -0.4 is 4.74 Å². The molecule has 1 aliphatic carbocycles. The van der Waals surface area contributed by atoms with Crippen molar-refractivity contribution < 1.29 is 14.3 Å². The number of H-pyrrole nitrogens is 1. The largest absolute Gasteiger partial charge is 0.490 e. The van der Waals surface area contributed by atoms with Gasteiger partial charge in [-0.2, -0.15) is 0 Å². The predicted molar refractivity (Wildman–Crippen MR) is 107 cm³/mol. The minimum Gasteiger partial charge on any atom is -0.490 e. The third-order valence-corrected chi connectivity index (χ3v) is 5.37. The van der Waals surface area contributed by atoms with Crippen LogP contribution in [0.25, 0.3) is 22.0 Å². The Hall–Kier alpha value is -2.75. The number of methoxy groups -OCH3 is 1. The summed E-state index contributed by atoms with van der Waals surface area (Å²) in [4.78, 5) is 14.8. The number of aromatic nitrogens is 1. The van der Waals surface area contributed by atoms with Gasteiger partial charge in [0.15, 0.2) is 0 Å². The summed E-state index contributed by atoms with van der Waals surface area (Å²) in [6.07, 6.45) is 8.03. The quantitative estimate of drug-likeness (QED) is 0.608. The molecule has 0 radical (unpaired) electrons. The molecule has 140 valence electrons. The number of aromatic amines is 1. The summed E-state index contributed by atoms with van der Waals surface area (Å²) in [6.45, 7) is 0. The van der Waals surface area contributed by atoms with Crippen molar-refractivity contribution >= 4 is 16.9 Å². The molecule has 0 atom stereocenters. The van der Waals surface area contributed by atoms with Gasteiger partial charge in [-0.3, -0.25) is 4.79 Å². The van der Waals surface area contributed by atoms with E-state index in [1.165, 1.54) is 25.3 Å². The average Bonchev–Trinajstić information content (AvgIpc) is 3.38. The van der Waals surface area contributed by atoms with Gasteiger partial charge in [-0.05, 0) is 67.5 Å². The number of nitrogens with one attached hydrogen (secondary N) is 1. The highest BCUT2D eigenvalue weighted by molar-refractivity contribution is 5.96. The predicted octanol–water partition coefficient (Wildman–Crippen LogP) is 5.26. The molecule has 0 unspecified atom stereocenters. The normalized spacial score (nSPS) is 14.6. The van der Waals surface area contributed by atoms with E-state index in [2.05, 4.69) is 47.4 Å². The summed E-state index contributed by atoms with van der Waals surface area (Å²) < 4.78 is 11.2. The van der Waals surface area contributed by atoms with E-state index in [-0.39, 0.29) is 5.97 Å². The Morgan fingerprint density at radius 2 is 1.96 bits per heavy atom. The average molecular weight is 363 g/mol. The van der Waals surface area contributed by atoms with E-state index in [1.54, 1.807) is 0 Å². The number of hydrogen-bond acceptors (Lipinski definition) is 3. The first-order chi connectivity index (χ1) is 13.2. The van der Waals surface area contributed by atoms with Gasteiger partial charge in [0.05, 0.1) is 13.2 Å². The molecule has 4 heteroatoms. The van der Waals surface area contributed by atoms with Gasteiger partial charge in [0.2, 0.25) is 0 Å². The summed E-state index contributed by atoms with van der Waals surface area (Å²) in [5.41, 5.74) is 4.47. The lowest BCUT2D eigenvalue weighted by Gasteiger charge is -2.18. The molecule has 1 fully saturated rings. The standard InChI is InChI=1S/C23H25NO3/c1-26-23(25)12-10-16-9-11-22(27-17-5-2-3-6-17)20(15-16)18-7-4-8-21-19(18)13-14-24-21/h4,7-9,11,13-15,17,24H,2-3,5-6,10,12H2,1H3. The Morgan fingerprint density at radius 1 is 1.11 bits per heavy atom. The second-order valence-electron chi connectivity index (χ2n) is 7.18. The van der Waals surface area contributed by atoms with Gasteiger partial charge in [-0.25, -0.2) is 0 Å². The first-order valence-electron chi connectivity index (χ1n) is 9.67. The van der Waals surface area contributed by atoms with E-state index in [0.29, 0.717) is 18.9 Å². The van der Waals surface area contributed by atoms with Crippen LogP contribution in [0.2, 0.25) is 0 Å². The van der Waals surface area contributed by atoms with Crippen LogP contribution in [0.5, 0.6) is 5.75 Å². The van der Waals surface area contributed by atoms with Gasteiger partial charge in [0.25, 0.3) is 0 Å². The zero-order valence-corrected chi connectivity index (χ0v) is 15.7. The number of rotatable bonds is 6. The summed E-state index contributed by atoms with van der Waals surface area (Å²) >= 11 is 0. The minimum atomic E-state index is -0.185. The van der Waals surface area contributed by atoms with E-state index in [4.69, 9.17) is 9.47 Å². The van der Waals surface area contributed by atoms with Crippen LogP contribution in [0, 0.1) is 0 Å². The molecule has 0 spiro atoms. The lowest BCUT2D eigenvalue weighted by atomic mass is 9.97. The van der Waals surface area contributed by atoms with Crippen molar-refractivity contribution in [3.63, 3.8) is 0 Å². The molecule has 0 bridgehead atoms. The SMILES string of the molecule is COC(=O)CCc1ccc(OC2CCCC2)c(-c2cccc3[nH]ccc23)c1. The van der Waals surface area contributed by atoms with Gasteiger partial charge < -0.3 is 14.5 Å². The molecule has 4 nitrogen and oxygen atoms in total. The maximum absolute atomic E-state index is 11.5. The number of fused-ring (bicyclic) bond motifs is 1. The van der Waals surface area contributed by atoms with Crippen LogP contribution in [-0.4, -0.2) is 24.2 Å². The van der Waals surface area contributed by atoms with Crippen LogP contribution in [0.4, 0.5) is 0 Å². The monoisotopic (exact) mass is 363 g/mol. The third-order valence-electron chi connectivity index (χ3n) is 5.37. The maximum Gasteiger partial charge on any atom is 0.305 e. The van der Waals surface area contributed by atoms with Gasteiger partial charge in [0.1, 0.15) is 5.75 Å². The molecule has 3 aromatic rings. The molecule has 1 N–H and O–H groups in total. The van der Waals surface area contributed by atoms with Crippen LogP contribution in [0.1, 0.15) is 37.7 Å². The maximum atomic E-state index is 11.5. The van der Waals surface area contributed by atoms with Crippen LogP contribution in [-0.2, 0) is 16.0 Å². The van der Waals surface area contributed by atoms with E-state index >= 15 is 0 Å². The Bertz CT molecular complexity index is 938. The van der Waals surface area contributed by atoms with Gasteiger partial charge in [-0.15, -0.1) is 0 Å². The topological polar surface area (TPSA) is 51.3 Å². The Balaban J connectivity index is 1.72. The van der Waals surface area contributed by atoms with E-state index in [1.807, 2.05) is 6.20 Å². The van der Waals surface area contributed by atoms with Crippen molar-refractivity contribution in [3.8, 4) is 16.9 Å². The lowest BCUT2D eigenvalue weighted by molar-refractivity contribution is -0.140. The summed E-state index contributed by atoms with van der Waals surface area (Å²) in [5, 5.41) is 1.18. The highest BCUT2D eigenvalue weighted by Gasteiger charge is 2.19. The minimum absolute atomic E-state index is 0.185. The smallest absolute Gasteiger partial charge is 0.305 e. The molecule has 2 aromatic carbocycles. The summed E-state index contributed by atoms with van der Waals surface area (Å²) in [5.74, 6) is 0.744. The highest BCUT2D eigenvalue weighted by atomic mass is 16.5. The zero-order valence-electron chi connectivity index (χ0n) is 15.7.